The summed E-state index contributed by atoms with van der Waals surface area (Å²) < 4.78 is 0. The molecule has 0 unspecified atom stereocenters. The molecule has 0 aliphatic rings. The quantitative estimate of drug-likeness (QED) is 0.752. The van der Waals surface area contributed by atoms with Crippen molar-refractivity contribution in [2.75, 3.05) is 0 Å². The standard InChI is InChI=1S/C10H12.C5H8O.C3H6O/c1-3-9-5-7-10(4-2)8-6-9;1-4(2)5(3)6;1-3(2)4/h3,5-8H,1,4H2,2H3;1H2,2-3H3;1-2H3. The number of rotatable bonds is 3. The van der Waals surface area contributed by atoms with Crippen LogP contribution < -0.4 is 0 Å². The number of benzene rings is 1. The van der Waals surface area contributed by atoms with Crippen molar-refractivity contribution in [2.45, 2.75) is 41.0 Å². The van der Waals surface area contributed by atoms with Crippen molar-refractivity contribution in [1.82, 2.24) is 0 Å². The van der Waals surface area contributed by atoms with E-state index in [-0.39, 0.29) is 11.6 Å². The zero-order valence-corrected chi connectivity index (χ0v) is 13.3. The number of Topliss-reactive ketones (excluding diaryl/α,β-unsaturated/α-hetero) is 2. The molecule has 0 heterocycles. The van der Waals surface area contributed by atoms with Crippen molar-refractivity contribution in [1.29, 1.82) is 0 Å². The minimum absolute atomic E-state index is 0.0648. The lowest BCUT2D eigenvalue weighted by atomic mass is 10.1. The van der Waals surface area contributed by atoms with E-state index in [4.69, 9.17) is 0 Å². The Balaban J connectivity index is 0. The summed E-state index contributed by atoms with van der Waals surface area (Å²) in [4.78, 5) is 19.5. The smallest absolute Gasteiger partial charge is 0.154 e. The van der Waals surface area contributed by atoms with Crippen molar-refractivity contribution < 1.29 is 9.59 Å². The Morgan fingerprint density at radius 3 is 1.60 bits per heavy atom. The third kappa shape index (κ3) is 14.1. The van der Waals surface area contributed by atoms with E-state index in [1.165, 1.54) is 31.9 Å². The fourth-order valence-corrected chi connectivity index (χ4v) is 0.889. The van der Waals surface area contributed by atoms with Crippen LogP contribution in [0.15, 0.2) is 43.0 Å². The van der Waals surface area contributed by atoms with E-state index in [1.54, 1.807) is 6.92 Å². The second-order valence-corrected chi connectivity index (χ2v) is 4.54. The molecule has 0 saturated carbocycles. The maximum Gasteiger partial charge on any atom is 0.154 e. The minimum Gasteiger partial charge on any atom is -0.300 e. The van der Waals surface area contributed by atoms with Gasteiger partial charge in [-0.25, -0.2) is 0 Å². The Hall–Kier alpha value is -1.96. The molecule has 110 valence electrons. The van der Waals surface area contributed by atoms with Crippen LogP contribution in [0.3, 0.4) is 0 Å². The number of hydrogen-bond donors (Lipinski definition) is 0. The second-order valence-electron chi connectivity index (χ2n) is 4.54. The zero-order valence-electron chi connectivity index (χ0n) is 13.3. The highest BCUT2D eigenvalue weighted by Crippen LogP contribution is 2.05. The van der Waals surface area contributed by atoms with Gasteiger partial charge in [-0.3, -0.25) is 4.79 Å². The van der Waals surface area contributed by atoms with Gasteiger partial charge in [0.1, 0.15) is 5.78 Å². The molecule has 0 spiro atoms. The summed E-state index contributed by atoms with van der Waals surface area (Å²) in [5.41, 5.74) is 3.19. The van der Waals surface area contributed by atoms with Crippen molar-refractivity contribution in [2.24, 2.45) is 0 Å². The van der Waals surface area contributed by atoms with E-state index >= 15 is 0 Å². The number of aryl methyl sites for hydroxylation is 1. The van der Waals surface area contributed by atoms with Crippen LogP contribution >= 0.6 is 0 Å². The lowest BCUT2D eigenvalue weighted by Crippen LogP contribution is -1.86. The largest absolute Gasteiger partial charge is 0.300 e. The van der Waals surface area contributed by atoms with Gasteiger partial charge in [-0.05, 0) is 50.8 Å². The number of ketones is 2. The Kier molecular flexibility index (Phi) is 12.3. The van der Waals surface area contributed by atoms with Gasteiger partial charge in [-0.2, -0.15) is 0 Å². The van der Waals surface area contributed by atoms with Crippen LogP contribution in [0.1, 0.15) is 45.7 Å². The summed E-state index contributed by atoms with van der Waals surface area (Å²) in [6, 6.07) is 8.45. The third-order valence-electron chi connectivity index (χ3n) is 2.22. The molecule has 0 aliphatic heterocycles. The lowest BCUT2D eigenvalue weighted by molar-refractivity contribution is -0.115. The highest BCUT2D eigenvalue weighted by atomic mass is 16.1. The molecule has 0 atom stereocenters. The first-order valence-electron chi connectivity index (χ1n) is 6.59. The molecule has 1 aromatic rings. The van der Waals surface area contributed by atoms with E-state index < -0.39 is 0 Å². The predicted molar refractivity (Wildman–Crippen MR) is 87.8 cm³/mol. The van der Waals surface area contributed by atoms with Crippen molar-refractivity contribution in [3.05, 3.63) is 54.1 Å². The van der Waals surface area contributed by atoms with E-state index in [9.17, 15) is 9.59 Å². The molecule has 0 bridgehead atoms. The maximum atomic E-state index is 10.0. The van der Waals surface area contributed by atoms with Gasteiger partial charge in [0.05, 0.1) is 0 Å². The fraction of sp³-hybridized carbons (Fsp3) is 0.333. The Morgan fingerprint density at radius 2 is 1.40 bits per heavy atom. The molecule has 0 aliphatic carbocycles. The maximum absolute atomic E-state index is 10.0. The Bertz CT molecular complexity index is 423. The van der Waals surface area contributed by atoms with Crippen LogP contribution in [-0.2, 0) is 16.0 Å². The summed E-state index contributed by atoms with van der Waals surface area (Å²) in [6.45, 7) is 15.5. The van der Waals surface area contributed by atoms with Gasteiger partial charge in [-0.1, -0.05) is 50.4 Å². The number of allylic oxidation sites excluding steroid dienone is 1. The van der Waals surface area contributed by atoms with Crippen LogP contribution in [-0.4, -0.2) is 11.6 Å². The first kappa shape index (κ1) is 20.4. The molecule has 2 nitrogen and oxygen atoms in total. The van der Waals surface area contributed by atoms with Gasteiger partial charge in [-0.15, -0.1) is 0 Å². The average Bonchev–Trinajstić information content (AvgIpc) is 2.38. The molecule has 0 fully saturated rings. The summed E-state index contributed by atoms with van der Waals surface area (Å²) in [5, 5.41) is 0. The molecule has 20 heavy (non-hydrogen) atoms. The SMILES string of the molecule is C=C(C)C(C)=O.C=Cc1ccc(CC)cc1.CC(C)=O. The van der Waals surface area contributed by atoms with Crippen LogP contribution in [0.5, 0.6) is 0 Å². The number of hydrogen-bond acceptors (Lipinski definition) is 2. The van der Waals surface area contributed by atoms with E-state index in [0.717, 1.165) is 6.42 Å². The van der Waals surface area contributed by atoms with Gasteiger partial charge in [0.15, 0.2) is 5.78 Å². The van der Waals surface area contributed by atoms with E-state index in [0.29, 0.717) is 5.57 Å². The first-order valence-corrected chi connectivity index (χ1v) is 6.59. The van der Waals surface area contributed by atoms with Crippen LogP contribution in [0.25, 0.3) is 6.08 Å². The van der Waals surface area contributed by atoms with Crippen LogP contribution in [0, 0.1) is 0 Å². The van der Waals surface area contributed by atoms with Crippen molar-refractivity contribution in [3.8, 4) is 0 Å². The highest BCUT2D eigenvalue weighted by Gasteiger charge is 1.86. The first-order chi connectivity index (χ1) is 9.24. The monoisotopic (exact) mass is 274 g/mol. The lowest BCUT2D eigenvalue weighted by Gasteiger charge is -1.95. The molecular formula is C18H26O2. The molecule has 0 amide bonds. The summed E-state index contributed by atoms with van der Waals surface area (Å²) >= 11 is 0. The molecule has 0 radical (unpaired) electrons. The Morgan fingerprint density at radius 1 is 1.05 bits per heavy atom. The zero-order chi connectivity index (χ0) is 16.1. The Labute approximate surface area is 123 Å². The molecular weight excluding hydrogens is 248 g/mol. The predicted octanol–water partition coefficient (Wildman–Crippen LogP) is 4.64. The molecule has 1 rings (SSSR count). The minimum atomic E-state index is 0.0648. The van der Waals surface area contributed by atoms with Crippen LogP contribution in [0.2, 0.25) is 0 Å². The number of carbonyl (C=O) groups excluding carboxylic acids is 2. The molecule has 2 heteroatoms. The average molecular weight is 274 g/mol. The normalized spacial score (nSPS) is 8.25. The second kappa shape index (κ2) is 12.1. The topological polar surface area (TPSA) is 34.1 Å². The summed E-state index contributed by atoms with van der Waals surface area (Å²) in [7, 11) is 0. The van der Waals surface area contributed by atoms with Crippen molar-refractivity contribution >= 4 is 17.6 Å². The van der Waals surface area contributed by atoms with Crippen molar-refractivity contribution in [3.63, 3.8) is 0 Å². The molecule has 1 aromatic carbocycles. The van der Waals surface area contributed by atoms with E-state index in [2.05, 4.69) is 44.3 Å². The fourth-order valence-electron chi connectivity index (χ4n) is 0.889. The van der Waals surface area contributed by atoms with Gasteiger partial charge >= 0.3 is 0 Å². The highest BCUT2D eigenvalue weighted by molar-refractivity contribution is 5.91. The van der Waals surface area contributed by atoms with Crippen LogP contribution in [0.4, 0.5) is 0 Å². The third-order valence-corrected chi connectivity index (χ3v) is 2.22. The van der Waals surface area contributed by atoms with Gasteiger partial charge in [0, 0.05) is 0 Å². The molecule has 0 saturated heterocycles. The van der Waals surface area contributed by atoms with E-state index in [1.807, 2.05) is 6.08 Å². The number of carbonyl (C=O) groups is 2. The van der Waals surface area contributed by atoms with Gasteiger partial charge in [0.25, 0.3) is 0 Å². The summed E-state index contributed by atoms with van der Waals surface area (Å²) in [5.74, 6) is 0.231. The van der Waals surface area contributed by atoms with Gasteiger partial charge < -0.3 is 4.79 Å². The molecule has 0 N–H and O–H groups in total. The van der Waals surface area contributed by atoms with Gasteiger partial charge in [0.2, 0.25) is 0 Å². The summed E-state index contributed by atoms with van der Waals surface area (Å²) in [6.07, 6.45) is 2.97. The molecule has 0 aromatic heterocycles.